The van der Waals surface area contributed by atoms with Crippen LogP contribution >= 0.6 is 0 Å². The molecule has 1 aliphatic rings. The lowest BCUT2D eigenvalue weighted by Gasteiger charge is -2.23. The zero-order valence-corrected chi connectivity index (χ0v) is 11.9. The van der Waals surface area contributed by atoms with Gasteiger partial charge >= 0.3 is 5.69 Å². The first-order valence-electron chi connectivity index (χ1n) is 6.30. The van der Waals surface area contributed by atoms with E-state index in [2.05, 4.69) is 15.0 Å². The average Bonchev–Trinajstić information content (AvgIpc) is 2.73. The molecule has 2 N–H and O–H groups in total. The van der Waals surface area contributed by atoms with Gasteiger partial charge in [-0.1, -0.05) is 5.11 Å². The molecule has 2 rings (SSSR count). The smallest absolute Gasteiger partial charge is 0.351 e. The highest BCUT2D eigenvalue weighted by atomic mass is 19.1. The minimum Gasteiger partial charge on any atom is -0.393 e. The van der Waals surface area contributed by atoms with Crippen molar-refractivity contribution in [1.29, 1.82) is 0 Å². The Kier molecular flexibility index (Phi) is 4.33. The minimum atomic E-state index is -2.18. The zero-order valence-electron chi connectivity index (χ0n) is 11.9. The molecule has 1 unspecified atom stereocenters. The van der Waals surface area contributed by atoms with Gasteiger partial charge in [-0.2, -0.15) is 4.98 Å². The molecule has 0 bridgehead atoms. The highest BCUT2D eigenvalue weighted by molar-refractivity contribution is 5.33. The third kappa shape index (κ3) is 2.50. The number of aliphatic hydroxyl groups excluding tert-OH is 2. The molecule has 11 heteroatoms. The van der Waals surface area contributed by atoms with Crippen molar-refractivity contribution < 1.29 is 19.3 Å². The highest BCUT2D eigenvalue weighted by Crippen LogP contribution is 2.39. The maximum absolute atomic E-state index is 14.2. The van der Waals surface area contributed by atoms with E-state index in [0.717, 1.165) is 4.57 Å². The first-order valence-corrected chi connectivity index (χ1v) is 6.30. The van der Waals surface area contributed by atoms with Gasteiger partial charge in [-0.15, -0.1) is 0 Å². The van der Waals surface area contributed by atoms with E-state index in [1.54, 1.807) is 19.0 Å². The number of hydrogen-bond donors (Lipinski definition) is 2. The summed E-state index contributed by atoms with van der Waals surface area (Å²) in [6.45, 7) is -0.937. The van der Waals surface area contributed by atoms with Gasteiger partial charge in [0.05, 0.1) is 6.61 Å². The number of nitrogens with zero attached hydrogens (tertiary/aromatic N) is 6. The van der Waals surface area contributed by atoms with Gasteiger partial charge in [0.25, 0.3) is 0 Å². The van der Waals surface area contributed by atoms with Crippen molar-refractivity contribution in [1.82, 2.24) is 9.55 Å². The summed E-state index contributed by atoms with van der Waals surface area (Å²) in [5.74, 6) is 0.360. The molecule has 0 aliphatic carbocycles. The lowest BCUT2D eigenvalue weighted by atomic mass is 10.1. The molecule has 4 atom stereocenters. The predicted molar refractivity (Wildman–Crippen MR) is 72.8 cm³/mol. The lowest BCUT2D eigenvalue weighted by molar-refractivity contribution is -0.124. The van der Waals surface area contributed by atoms with Crippen LogP contribution in [-0.4, -0.2) is 58.5 Å². The number of rotatable bonds is 4. The lowest BCUT2D eigenvalue weighted by Crippen LogP contribution is -2.43. The van der Waals surface area contributed by atoms with E-state index in [0.29, 0.717) is 5.82 Å². The Morgan fingerprint density at radius 2 is 2.36 bits per heavy atom. The molecule has 1 fully saturated rings. The third-order valence-corrected chi connectivity index (χ3v) is 3.35. The number of azide groups is 1. The number of hydrogen-bond acceptors (Lipinski definition) is 7. The Morgan fingerprint density at radius 1 is 1.68 bits per heavy atom. The molecule has 0 saturated carbocycles. The predicted octanol–water partition coefficient (Wildman–Crippen LogP) is -0.464. The summed E-state index contributed by atoms with van der Waals surface area (Å²) in [7, 11) is 3.36. The Hall–Kier alpha value is -2.20. The zero-order chi connectivity index (χ0) is 16.5. The van der Waals surface area contributed by atoms with Gasteiger partial charge in [0.2, 0.25) is 5.72 Å². The van der Waals surface area contributed by atoms with Crippen molar-refractivity contribution in [3.8, 4) is 0 Å². The fourth-order valence-corrected chi connectivity index (χ4v) is 2.13. The summed E-state index contributed by atoms with van der Waals surface area (Å²) in [6, 6.07) is 1.45. The van der Waals surface area contributed by atoms with Crippen LogP contribution in [0.15, 0.2) is 22.2 Å². The molecular formula is C11H15FN6O4. The first-order chi connectivity index (χ1) is 10.4. The van der Waals surface area contributed by atoms with Crippen LogP contribution in [0.3, 0.4) is 0 Å². The van der Waals surface area contributed by atoms with E-state index in [4.69, 9.17) is 10.3 Å². The van der Waals surface area contributed by atoms with Crippen LogP contribution in [0.5, 0.6) is 0 Å². The Morgan fingerprint density at radius 3 is 2.86 bits per heavy atom. The molecule has 1 saturated heterocycles. The molecule has 1 aromatic rings. The average molecular weight is 314 g/mol. The number of aliphatic hydroxyl groups is 2. The second kappa shape index (κ2) is 5.89. The topological polar surface area (TPSA) is 137 Å². The molecule has 0 radical (unpaired) electrons. The van der Waals surface area contributed by atoms with E-state index >= 15 is 0 Å². The van der Waals surface area contributed by atoms with Crippen molar-refractivity contribution in [2.75, 3.05) is 25.6 Å². The number of aromatic nitrogens is 2. The summed E-state index contributed by atoms with van der Waals surface area (Å²) in [6.07, 6.45) is -4.32. The van der Waals surface area contributed by atoms with Gasteiger partial charge in [-0.05, 0) is 11.6 Å². The van der Waals surface area contributed by atoms with E-state index in [-0.39, 0.29) is 0 Å². The molecule has 120 valence electrons. The molecule has 2 heterocycles. The molecule has 0 amide bonds. The molecule has 1 aliphatic heterocycles. The second-order valence-electron chi connectivity index (χ2n) is 4.96. The van der Waals surface area contributed by atoms with Crippen LogP contribution < -0.4 is 10.6 Å². The molecule has 10 nitrogen and oxygen atoms in total. The summed E-state index contributed by atoms with van der Waals surface area (Å²) >= 11 is 0. The normalized spacial score (nSPS) is 30.9. The molecule has 0 aromatic carbocycles. The van der Waals surface area contributed by atoms with E-state index in [1.165, 1.54) is 12.3 Å². The standard InChI is InChI=1S/C11H15FN6O4/c1-17(2)6-3-4-18(10(21)14-6)9-7(12)8(20)11(5-19,22-9)15-16-13/h3-4,7-9,19-20H,5H2,1-2H3/t7-,8-,9+,11?/m0/s1. The summed E-state index contributed by atoms with van der Waals surface area (Å²) < 4.78 is 20.2. The largest absolute Gasteiger partial charge is 0.393 e. The number of alkyl halides is 1. The highest BCUT2D eigenvalue weighted by Gasteiger charge is 2.56. The molecule has 0 spiro atoms. The van der Waals surface area contributed by atoms with Crippen molar-refractivity contribution >= 4 is 5.82 Å². The maximum Gasteiger partial charge on any atom is 0.351 e. The van der Waals surface area contributed by atoms with Crippen molar-refractivity contribution in [2.45, 2.75) is 24.2 Å². The van der Waals surface area contributed by atoms with Gasteiger partial charge < -0.3 is 19.8 Å². The first kappa shape index (κ1) is 16.2. The van der Waals surface area contributed by atoms with Crippen LogP contribution in [0.25, 0.3) is 10.4 Å². The molecule has 22 heavy (non-hydrogen) atoms. The Bertz CT molecular complexity index is 660. The van der Waals surface area contributed by atoms with E-state index in [1.807, 2.05) is 0 Å². The van der Waals surface area contributed by atoms with Crippen molar-refractivity contribution in [3.63, 3.8) is 0 Å². The van der Waals surface area contributed by atoms with Crippen LogP contribution in [0.2, 0.25) is 0 Å². The summed E-state index contributed by atoms with van der Waals surface area (Å²) in [5, 5.41) is 22.2. The van der Waals surface area contributed by atoms with E-state index in [9.17, 15) is 19.4 Å². The van der Waals surface area contributed by atoms with Gasteiger partial charge in [0, 0.05) is 25.2 Å². The fraction of sp³-hybridized carbons (Fsp3) is 0.636. The van der Waals surface area contributed by atoms with Crippen molar-refractivity contribution in [2.24, 2.45) is 5.11 Å². The van der Waals surface area contributed by atoms with Gasteiger partial charge in [-0.3, -0.25) is 4.57 Å². The van der Waals surface area contributed by atoms with Crippen LogP contribution in [0.1, 0.15) is 6.23 Å². The summed E-state index contributed by atoms with van der Waals surface area (Å²) in [5.41, 5.74) is 5.50. The Balaban J connectivity index is 2.42. The number of ether oxygens (including phenoxy) is 1. The quantitative estimate of drug-likeness (QED) is 0.438. The Labute approximate surface area is 124 Å². The van der Waals surface area contributed by atoms with Crippen LogP contribution in [-0.2, 0) is 4.74 Å². The van der Waals surface area contributed by atoms with Crippen LogP contribution in [0, 0.1) is 0 Å². The second-order valence-corrected chi connectivity index (χ2v) is 4.96. The monoisotopic (exact) mass is 314 g/mol. The number of halogens is 1. The fourth-order valence-electron chi connectivity index (χ4n) is 2.13. The third-order valence-electron chi connectivity index (χ3n) is 3.35. The van der Waals surface area contributed by atoms with Crippen LogP contribution in [0.4, 0.5) is 10.2 Å². The summed E-state index contributed by atoms with van der Waals surface area (Å²) in [4.78, 5) is 19.7. The van der Waals surface area contributed by atoms with Gasteiger partial charge in [0.1, 0.15) is 11.9 Å². The number of anilines is 1. The molecule has 1 aromatic heterocycles. The van der Waals surface area contributed by atoms with Gasteiger partial charge in [0.15, 0.2) is 12.4 Å². The molecular weight excluding hydrogens is 299 g/mol. The van der Waals surface area contributed by atoms with Crippen molar-refractivity contribution in [3.05, 3.63) is 33.2 Å². The van der Waals surface area contributed by atoms with E-state index < -0.39 is 36.5 Å². The van der Waals surface area contributed by atoms with Gasteiger partial charge in [-0.25, -0.2) is 9.18 Å². The SMILES string of the molecule is CN(C)c1ccn([C@@H]2OC(CO)(N=[N+]=[N-])[C@@H](O)[C@@H]2F)c(=O)n1. The maximum atomic E-state index is 14.2. The minimum absolute atomic E-state index is 0.360.